The molecule has 0 spiro atoms. The summed E-state index contributed by atoms with van der Waals surface area (Å²) in [7, 11) is 0. The molecular weight excluding hydrogens is 398 g/mol. The predicted molar refractivity (Wildman–Crippen MR) is 127 cm³/mol. The second-order valence-corrected chi connectivity index (χ2v) is 8.65. The molecule has 6 heteroatoms. The molecule has 1 amide bonds. The van der Waals surface area contributed by atoms with E-state index in [1.165, 1.54) is 70.6 Å². The van der Waals surface area contributed by atoms with Crippen LogP contribution in [0.1, 0.15) is 96.8 Å². The second-order valence-electron chi connectivity index (χ2n) is 7.67. The first kappa shape index (κ1) is 28.6. The molecule has 0 aliphatic carbocycles. The van der Waals surface area contributed by atoms with Crippen LogP contribution < -0.4 is 5.32 Å². The average Bonchev–Trinajstić information content (AvgIpc) is 2.75. The Balaban J connectivity index is 3.69. The molecule has 0 rings (SSSR count). The number of hydrogen-bond acceptors (Lipinski definition) is 5. The van der Waals surface area contributed by atoms with E-state index in [0.29, 0.717) is 13.0 Å². The molecule has 0 fully saturated rings. The molecule has 0 aliphatic rings. The van der Waals surface area contributed by atoms with Gasteiger partial charge < -0.3 is 14.8 Å². The quantitative estimate of drug-likeness (QED) is 0.140. The highest BCUT2D eigenvalue weighted by molar-refractivity contribution is 7.98. The molecule has 30 heavy (non-hydrogen) atoms. The fourth-order valence-electron chi connectivity index (χ4n) is 3.17. The van der Waals surface area contributed by atoms with Gasteiger partial charge in [0.2, 0.25) is 0 Å². The van der Waals surface area contributed by atoms with Crippen LogP contribution in [0.15, 0.2) is 0 Å². The van der Waals surface area contributed by atoms with E-state index in [0.717, 1.165) is 18.6 Å². The third-order valence-electron chi connectivity index (χ3n) is 4.97. The molecule has 5 nitrogen and oxygen atoms in total. The number of rotatable bonds is 20. The fourth-order valence-corrected chi connectivity index (χ4v) is 3.64. The van der Waals surface area contributed by atoms with E-state index in [4.69, 9.17) is 15.9 Å². The molecule has 0 saturated carbocycles. The maximum atomic E-state index is 12.2. The van der Waals surface area contributed by atoms with Gasteiger partial charge in [-0.3, -0.25) is 0 Å². The number of alkyl carbamates (subject to hydrolysis) is 1. The zero-order chi connectivity index (χ0) is 22.3. The van der Waals surface area contributed by atoms with Crippen molar-refractivity contribution >= 4 is 23.8 Å². The SMILES string of the molecule is C#CCOC(=O)NC(CCSC)C(=O)OCCCCCCCCCCCCCCC. The van der Waals surface area contributed by atoms with Gasteiger partial charge in [0.05, 0.1) is 6.61 Å². The Labute approximate surface area is 188 Å². The largest absolute Gasteiger partial charge is 0.464 e. The van der Waals surface area contributed by atoms with Gasteiger partial charge in [-0.1, -0.05) is 89.9 Å². The van der Waals surface area contributed by atoms with E-state index in [1.807, 2.05) is 6.26 Å². The zero-order valence-corrected chi connectivity index (χ0v) is 20.0. The van der Waals surface area contributed by atoms with Crippen molar-refractivity contribution in [3.05, 3.63) is 0 Å². The molecule has 0 bridgehead atoms. The fraction of sp³-hybridized carbons (Fsp3) is 0.833. The van der Waals surface area contributed by atoms with Crippen LogP contribution in [0, 0.1) is 12.3 Å². The van der Waals surface area contributed by atoms with Crippen LogP contribution in [0.5, 0.6) is 0 Å². The van der Waals surface area contributed by atoms with Gasteiger partial charge in [-0.2, -0.15) is 11.8 Å². The van der Waals surface area contributed by atoms with E-state index in [9.17, 15) is 9.59 Å². The Bertz CT molecular complexity index is 465. The Morgan fingerprint density at radius 3 is 1.93 bits per heavy atom. The van der Waals surface area contributed by atoms with Crippen molar-refractivity contribution in [1.29, 1.82) is 0 Å². The minimum absolute atomic E-state index is 0.116. The number of ether oxygens (including phenoxy) is 2. The number of unbranched alkanes of at least 4 members (excludes halogenated alkanes) is 12. The Morgan fingerprint density at radius 2 is 1.43 bits per heavy atom. The zero-order valence-electron chi connectivity index (χ0n) is 19.2. The number of hydrogen-bond donors (Lipinski definition) is 1. The van der Waals surface area contributed by atoms with E-state index in [-0.39, 0.29) is 6.61 Å². The molecule has 0 aromatic heterocycles. The van der Waals surface area contributed by atoms with Crippen molar-refractivity contribution in [3.63, 3.8) is 0 Å². The first-order valence-corrected chi connectivity index (χ1v) is 13.1. The highest BCUT2D eigenvalue weighted by Gasteiger charge is 2.22. The third kappa shape index (κ3) is 18.7. The molecule has 0 radical (unpaired) electrons. The highest BCUT2D eigenvalue weighted by Crippen LogP contribution is 2.12. The first-order valence-electron chi connectivity index (χ1n) is 11.7. The minimum atomic E-state index is -0.690. The lowest BCUT2D eigenvalue weighted by Gasteiger charge is -2.16. The van der Waals surface area contributed by atoms with Gasteiger partial charge in [-0.15, -0.1) is 6.42 Å². The lowest BCUT2D eigenvalue weighted by atomic mass is 10.0. The van der Waals surface area contributed by atoms with Gasteiger partial charge in [-0.05, 0) is 24.9 Å². The number of esters is 1. The number of carbonyl (C=O) groups excluding carboxylic acids is 2. The van der Waals surface area contributed by atoms with E-state index < -0.39 is 18.1 Å². The van der Waals surface area contributed by atoms with Crippen molar-refractivity contribution in [1.82, 2.24) is 5.32 Å². The Morgan fingerprint density at radius 1 is 0.900 bits per heavy atom. The van der Waals surface area contributed by atoms with Gasteiger partial charge in [0.1, 0.15) is 6.04 Å². The summed E-state index contributed by atoms with van der Waals surface area (Å²) in [4.78, 5) is 23.9. The number of carbonyl (C=O) groups is 2. The van der Waals surface area contributed by atoms with Gasteiger partial charge in [-0.25, -0.2) is 9.59 Å². The van der Waals surface area contributed by atoms with Crippen LogP contribution in [-0.2, 0) is 14.3 Å². The molecule has 0 aromatic rings. The molecule has 1 unspecified atom stereocenters. The molecule has 0 saturated heterocycles. The third-order valence-corrected chi connectivity index (χ3v) is 5.61. The Kier molecular flexibility index (Phi) is 21.3. The summed E-state index contributed by atoms with van der Waals surface area (Å²) in [6.45, 7) is 2.54. The predicted octanol–water partition coefficient (Wildman–Crippen LogP) is 6.10. The normalized spacial score (nSPS) is 11.5. The number of amides is 1. The van der Waals surface area contributed by atoms with Crippen molar-refractivity contribution < 1.29 is 19.1 Å². The maximum absolute atomic E-state index is 12.2. The molecule has 1 N–H and O–H groups in total. The molecule has 0 heterocycles. The summed E-state index contributed by atoms with van der Waals surface area (Å²) < 4.78 is 10.1. The smallest absolute Gasteiger partial charge is 0.408 e. The molecule has 0 aromatic carbocycles. The van der Waals surface area contributed by atoms with Crippen molar-refractivity contribution in [2.24, 2.45) is 0 Å². The maximum Gasteiger partial charge on any atom is 0.408 e. The average molecular weight is 442 g/mol. The molecular formula is C24H43NO4S. The van der Waals surface area contributed by atoms with Gasteiger partial charge >= 0.3 is 12.1 Å². The summed E-state index contributed by atoms with van der Waals surface area (Å²) in [6, 6.07) is -0.690. The molecule has 1 atom stereocenters. The van der Waals surface area contributed by atoms with Gasteiger partial charge in [0.15, 0.2) is 6.61 Å². The Hall–Kier alpha value is -1.35. The first-order chi connectivity index (χ1) is 14.7. The van der Waals surface area contributed by atoms with Crippen LogP contribution in [-0.4, -0.2) is 43.3 Å². The second kappa shape index (κ2) is 22.3. The van der Waals surface area contributed by atoms with Crippen LogP contribution >= 0.6 is 11.8 Å². The minimum Gasteiger partial charge on any atom is -0.464 e. The van der Waals surface area contributed by atoms with E-state index in [1.54, 1.807) is 11.8 Å². The van der Waals surface area contributed by atoms with Crippen LogP contribution in [0.25, 0.3) is 0 Å². The lowest BCUT2D eigenvalue weighted by molar-refractivity contribution is -0.146. The summed E-state index contributed by atoms with van der Waals surface area (Å²) >= 11 is 1.61. The summed E-state index contributed by atoms with van der Waals surface area (Å²) in [6.07, 6.45) is 23.4. The summed E-state index contributed by atoms with van der Waals surface area (Å²) in [5.41, 5.74) is 0. The van der Waals surface area contributed by atoms with E-state index in [2.05, 4.69) is 18.2 Å². The molecule has 174 valence electrons. The number of nitrogens with one attached hydrogen (secondary N) is 1. The highest BCUT2D eigenvalue weighted by atomic mass is 32.2. The number of thioether (sulfide) groups is 1. The van der Waals surface area contributed by atoms with Crippen LogP contribution in [0.3, 0.4) is 0 Å². The van der Waals surface area contributed by atoms with Crippen LogP contribution in [0.2, 0.25) is 0 Å². The van der Waals surface area contributed by atoms with Crippen molar-refractivity contribution in [3.8, 4) is 12.3 Å². The standard InChI is InChI=1S/C24H43NO4S/c1-4-6-7-8-9-10-11-12-13-14-15-16-17-20-28-23(26)22(18-21-30-3)25-24(27)29-19-5-2/h2,22H,4,6-21H2,1,3H3,(H,25,27). The lowest BCUT2D eigenvalue weighted by Crippen LogP contribution is -2.42. The summed E-state index contributed by atoms with van der Waals surface area (Å²) in [5, 5.41) is 2.54. The van der Waals surface area contributed by atoms with E-state index >= 15 is 0 Å². The van der Waals surface area contributed by atoms with Gasteiger partial charge in [0.25, 0.3) is 0 Å². The topological polar surface area (TPSA) is 64.6 Å². The van der Waals surface area contributed by atoms with Crippen LogP contribution in [0.4, 0.5) is 4.79 Å². The van der Waals surface area contributed by atoms with Gasteiger partial charge in [0, 0.05) is 0 Å². The summed E-state index contributed by atoms with van der Waals surface area (Å²) in [5.74, 6) is 2.56. The van der Waals surface area contributed by atoms with Crippen molar-refractivity contribution in [2.75, 3.05) is 25.2 Å². The monoisotopic (exact) mass is 441 g/mol. The molecule has 0 aliphatic heterocycles. The number of terminal acetylenes is 1. The van der Waals surface area contributed by atoms with Crippen molar-refractivity contribution in [2.45, 2.75) is 103 Å².